The molecule has 1 aliphatic rings. The average molecular weight is 430 g/mol. The van der Waals surface area contributed by atoms with Gasteiger partial charge in [-0.3, -0.25) is 4.79 Å². The minimum Gasteiger partial charge on any atom is -0.341 e. The van der Waals surface area contributed by atoms with E-state index in [2.05, 4.69) is 0 Å². The molecule has 11 heteroatoms. The molecular formula is C16H23ClF3N3O3S. The molecule has 0 saturated carbocycles. The Balaban J connectivity index is 0.00000364. The molecule has 0 radical (unpaired) electrons. The highest BCUT2D eigenvalue weighted by Crippen LogP contribution is 2.16. The fourth-order valence-electron chi connectivity index (χ4n) is 2.90. The second-order valence-electron chi connectivity index (χ2n) is 6.42. The van der Waals surface area contributed by atoms with Gasteiger partial charge in [0.05, 0.1) is 6.26 Å². The standard InChI is InChI=1S/C16H22F3N3O3S.ClH/c1-26(24,25)22-4-2-3-21(5-6-22)16(23)9-12(20)7-11-8-14(18)15(19)10-13(11)17;/h8,10,12H,2-7,9,20H2,1H3;1H/t12-;/m1./s1. The Labute approximate surface area is 163 Å². The molecule has 6 nitrogen and oxygen atoms in total. The zero-order valence-corrected chi connectivity index (χ0v) is 16.5. The highest BCUT2D eigenvalue weighted by atomic mass is 35.5. The predicted molar refractivity (Wildman–Crippen MR) is 97.5 cm³/mol. The van der Waals surface area contributed by atoms with Crippen LogP contribution in [0, 0.1) is 17.5 Å². The Morgan fingerprint density at radius 2 is 1.74 bits per heavy atom. The Hall–Kier alpha value is -1.36. The summed E-state index contributed by atoms with van der Waals surface area (Å²) in [5.41, 5.74) is 5.78. The van der Waals surface area contributed by atoms with Crippen LogP contribution in [0.15, 0.2) is 12.1 Å². The van der Waals surface area contributed by atoms with Gasteiger partial charge in [0.2, 0.25) is 15.9 Å². The molecule has 0 aliphatic carbocycles. The zero-order valence-electron chi connectivity index (χ0n) is 14.8. The molecule has 0 unspecified atom stereocenters. The van der Waals surface area contributed by atoms with E-state index in [9.17, 15) is 26.4 Å². The lowest BCUT2D eigenvalue weighted by Crippen LogP contribution is -2.39. The maximum Gasteiger partial charge on any atom is 0.224 e. The van der Waals surface area contributed by atoms with Gasteiger partial charge in [0.25, 0.3) is 0 Å². The number of nitrogens with zero attached hydrogens (tertiary/aromatic N) is 2. The molecule has 2 rings (SSSR count). The van der Waals surface area contributed by atoms with Crippen LogP contribution in [0.1, 0.15) is 18.4 Å². The van der Waals surface area contributed by atoms with Crippen LogP contribution in [0.3, 0.4) is 0 Å². The summed E-state index contributed by atoms with van der Waals surface area (Å²) in [5.74, 6) is -3.65. The van der Waals surface area contributed by atoms with E-state index >= 15 is 0 Å². The van der Waals surface area contributed by atoms with E-state index in [1.165, 1.54) is 9.21 Å². The number of amides is 1. The normalized spacial score (nSPS) is 17.1. The van der Waals surface area contributed by atoms with E-state index < -0.39 is 33.5 Å². The summed E-state index contributed by atoms with van der Waals surface area (Å²) in [7, 11) is -3.31. The molecule has 2 N–H and O–H groups in total. The molecule has 0 aromatic heterocycles. The van der Waals surface area contributed by atoms with Gasteiger partial charge in [-0.05, 0) is 24.5 Å². The van der Waals surface area contributed by atoms with Crippen molar-refractivity contribution in [2.75, 3.05) is 32.4 Å². The van der Waals surface area contributed by atoms with Crippen LogP contribution in [0.5, 0.6) is 0 Å². The minimum absolute atomic E-state index is 0. The lowest BCUT2D eigenvalue weighted by molar-refractivity contribution is -0.131. The summed E-state index contributed by atoms with van der Waals surface area (Å²) in [4.78, 5) is 13.9. The maximum atomic E-state index is 13.7. The predicted octanol–water partition coefficient (Wildman–Crippen LogP) is 1.28. The van der Waals surface area contributed by atoms with E-state index in [0.717, 1.165) is 12.3 Å². The highest BCUT2D eigenvalue weighted by Gasteiger charge is 2.25. The molecule has 1 amide bonds. The van der Waals surface area contributed by atoms with Crippen molar-refractivity contribution in [3.8, 4) is 0 Å². The molecule has 1 aromatic rings. The number of hydrogen-bond donors (Lipinski definition) is 1. The van der Waals surface area contributed by atoms with Gasteiger partial charge in [-0.2, -0.15) is 0 Å². The first-order valence-corrected chi connectivity index (χ1v) is 10.0. The average Bonchev–Trinajstić information content (AvgIpc) is 2.78. The van der Waals surface area contributed by atoms with Gasteiger partial charge in [-0.15, -0.1) is 12.4 Å². The van der Waals surface area contributed by atoms with Crippen LogP contribution in [0.2, 0.25) is 0 Å². The van der Waals surface area contributed by atoms with Gasteiger partial charge in [-0.25, -0.2) is 25.9 Å². The number of hydrogen-bond acceptors (Lipinski definition) is 4. The Morgan fingerprint density at radius 1 is 1.11 bits per heavy atom. The van der Waals surface area contributed by atoms with Crippen molar-refractivity contribution in [3.63, 3.8) is 0 Å². The molecule has 1 aliphatic heterocycles. The molecular weight excluding hydrogens is 407 g/mol. The van der Waals surface area contributed by atoms with Gasteiger partial charge >= 0.3 is 0 Å². The number of sulfonamides is 1. The molecule has 1 atom stereocenters. The van der Waals surface area contributed by atoms with Gasteiger partial charge in [0.1, 0.15) is 5.82 Å². The van der Waals surface area contributed by atoms with Gasteiger partial charge in [0.15, 0.2) is 11.6 Å². The fraction of sp³-hybridized carbons (Fsp3) is 0.562. The molecule has 27 heavy (non-hydrogen) atoms. The molecule has 0 spiro atoms. The zero-order chi connectivity index (χ0) is 19.5. The lowest BCUT2D eigenvalue weighted by Gasteiger charge is -2.23. The summed E-state index contributed by atoms with van der Waals surface area (Å²) in [6.07, 6.45) is 1.41. The third-order valence-electron chi connectivity index (χ3n) is 4.28. The summed E-state index contributed by atoms with van der Waals surface area (Å²) in [5, 5.41) is 0. The first kappa shape index (κ1) is 23.7. The molecule has 154 valence electrons. The summed E-state index contributed by atoms with van der Waals surface area (Å²) in [6, 6.07) is 0.426. The van der Waals surface area contributed by atoms with Gasteiger partial charge < -0.3 is 10.6 Å². The Bertz CT molecular complexity index is 780. The number of nitrogens with two attached hydrogens (primary N) is 1. The second kappa shape index (κ2) is 9.72. The van der Waals surface area contributed by atoms with Crippen molar-refractivity contribution in [3.05, 3.63) is 35.1 Å². The van der Waals surface area contributed by atoms with Crippen LogP contribution in [0.25, 0.3) is 0 Å². The second-order valence-corrected chi connectivity index (χ2v) is 8.40. The molecule has 1 fully saturated rings. The lowest BCUT2D eigenvalue weighted by atomic mass is 10.0. The number of benzene rings is 1. The van der Waals surface area contributed by atoms with E-state index in [4.69, 9.17) is 5.73 Å². The number of rotatable bonds is 5. The number of halogens is 4. The first-order chi connectivity index (χ1) is 12.1. The van der Waals surface area contributed by atoms with Crippen molar-refractivity contribution in [1.29, 1.82) is 0 Å². The van der Waals surface area contributed by atoms with E-state index in [0.29, 0.717) is 25.6 Å². The smallest absolute Gasteiger partial charge is 0.224 e. The van der Waals surface area contributed by atoms with E-state index in [-0.39, 0.29) is 49.8 Å². The number of carbonyl (C=O) groups is 1. The molecule has 0 bridgehead atoms. The highest BCUT2D eigenvalue weighted by molar-refractivity contribution is 7.88. The SMILES string of the molecule is CS(=O)(=O)N1CCCN(C(=O)C[C@H](N)Cc2cc(F)c(F)cc2F)CC1.Cl. The van der Waals surface area contributed by atoms with Crippen LogP contribution < -0.4 is 5.73 Å². The van der Waals surface area contributed by atoms with Crippen molar-refractivity contribution in [2.45, 2.75) is 25.3 Å². The van der Waals surface area contributed by atoms with Crippen molar-refractivity contribution in [1.82, 2.24) is 9.21 Å². The number of carbonyl (C=O) groups excluding carboxylic acids is 1. The van der Waals surface area contributed by atoms with Crippen molar-refractivity contribution >= 4 is 28.3 Å². The van der Waals surface area contributed by atoms with Crippen LogP contribution in [-0.4, -0.2) is 62.0 Å². The third-order valence-corrected chi connectivity index (χ3v) is 5.59. The summed E-state index contributed by atoms with van der Waals surface area (Å²) >= 11 is 0. The van der Waals surface area contributed by atoms with E-state index in [1.807, 2.05) is 0 Å². The maximum absolute atomic E-state index is 13.7. The van der Waals surface area contributed by atoms with Gasteiger partial charge in [-0.1, -0.05) is 0 Å². The molecule has 1 saturated heterocycles. The fourth-order valence-corrected chi connectivity index (χ4v) is 3.78. The molecule has 1 aromatic carbocycles. The largest absolute Gasteiger partial charge is 0.341 e. The third kappa shape index (κ3) is 6.63. The minimum atomic E-state index is -3.31. The van der Waals surface area contributed by atoms with Crippen LogP contribution >= 0.6 is 12.4 Å². The van der Waals surface area contributed by atoms with Crippen LogP contribution in [0.4, 0.5) is 13.2 Å². The first-order valence-electron chi connectivity index (χ1n) is 8.20. The topological polar surface area (TPSA) is 83.7 Å². The monoisotopic (exact) mass is 429 g/mol. The van der Waals surface area contributed by atoms with Crippen LogP contribution in [-0.2, 0) is 21.2 Å². The summed E-state index contributed by atoms with van der Waals surface area (Å²) in [6.45, 7) is 1.20. The summed E-state index contributed by atoms with van der Waals surface area (Å²) < 4.78 is 64.3. The Kier molecular flexibility index (Phi) is 8.52. The quantitative estimate of drug-likeness (QED) is 0.715. The molecule has 1 heterocycles. The van der Waals surface area contributed by atoms with Crippen molar-refractivity contribution in [2.24, 2.45) is 5.73 Å². The van der Waals surface area contributed by atoms with Gasteiger partial charge in [0, 0.05) is 44.7 Å². The van der Waals surface area contributed by atoms with E-state index in [1.54, 1.807) is 0 Å². The van der Waals surface area contributed by atoms with Crippen molar-refractivity contribution < 1.29 is 26.4 Å². The Morgan fingerprint density at radius 3 is 2.37 bits per heavy atom.